The Morgan fingerprint density at radius 3 is 2.96 bits per heavy atom. The molecule has 0 unspecified atom stereocenters. The zero-order chi connectivity index (χ0) is 17.0. The summed E-state index contributed by atoms with van der Waals surface area (Å²) < 4.78 is 42.9. The van der Waals surface area contributed by atoms with Gasteiger partial charge in [0.1, 0.15) is 30.6 Å². The lowest BCUT2D eigenvalue weighted by Crippen LogP contribution is -2.02. The Bertz CT molecular complexity index is 829. The molecule has 0 bridgehead atoms. The van der Waals surface area contributed by atoms with Crippen LogP contribution in [0.3, 0.4) is 0 Å². The number of ether oxygens (including phenoxy) is 2. The van der Waals surface area contributed by atoms with Crippen LogP contribution >= 0.6 is 0 Å². The predicted molar refractivity (Wildman–Crippen MR) is 85.4 cm³/mol. The van der Waals surface area contributed by atoms with Crippen LogP contribution in [0.15, 0.2) is 52.7 Å². The highest BCUT2D eigenvalue weighted by Crippen LogP contribution is 2.29. The van der Waals surface area contributed by atoms with Crippen molar-refractivity contribution in [2.24, 2.45) is 0 Å². The zero-order valence-electron chi connectivity index (χ0n) is 13.1. The molecule has 0 radical (unpaired) electrons. The average Bonchev–Trinajstić information content (AvgIpc) is 3.03. The quantitative estimate of drug-likeness (QED) is 0.728. The molecule has 1 aliphatic carbocycles. The molecule has 3 rings (SSSR count). The fraction of sp³-hybridized carbons (Fsp3) is 0.312. The smallest absolute Gasteiger partial charge is 0.264 e. The third-order valence-electron chi connectivity index (χ3n) is 3.34. The van der Waals surface area contributed by atoms with E-state index in [4.69, 9.17) is 14.0 Å². The zero-order valence-corrected chi connectivity index (χ0v) is 13.9. The third kappa shape index (κ3) is 4.59. The molecule has 0 fully saturated rings. The molecule has 0 atom stereocenters. The number of aromatic nitrogens is 1. The van der Waals surface area contributed by atoms with Crippen LogP contribution in [0.2, 0.25) is 0 Å². The topological polar surface area (TPSA) is 87.9 Å². The first-order valence-corrected chi connectivity index (χ1v) is 9.19. The van der Waals surface area contributed by atoms with Gasteiger partial charge in [0.15, 0.2) is 0 Å². The van der Waals surface area contributed by atoms with Gasteiger partial charge in [0.25, 0.3) is 10.1 Å². The minimum atomic E-state index is -3.54. The highest BCUT2D eigenvalue weighted by Gasteiger charge is 2.18. The summed E-state index contributed by atoms with van der Waals surface area (Å²) >= 11 is 0. The first kappa shape index (κ1) is 16.5. The second kappa shape index (κ2) is 7.06. The van der Waals surface area contributed by atoms with Gasteiger partial charge in [0, 0.05) is 12.5 Å². The minimum absolute atomic E-state index is 0.196. The predicted octanol–water partition coefficient (Wildman–Crippen LogP) is 3.00. The fourth-order valence-electron chi connectivity index (χ4n) is 2.23. The fourth-order valence-corrected chi connectivity index (χ4v) is 2.57. The second-order valence-corrected chi connectivity index (χ2v) is 7.07. The Hall–Kier alpha value is -2.32. The van der Waals surface area contributed by atoms with Crippen LogP contribution in [-0.4, -0.2) is 19.8 Å². The van der Waals surface area contributed by atoms with Gasteiger partial charge >= 0.3 is 0 Å². The summed E-state index contributed by atoms with van der Waals surface area (Å²) in [7, 11) is -3.54. The van der Waals surface area contributed by atoms with E-state index < -0.39 is 10.1 Å². The third-order valence-corrected chi connectivity index (χ3v) is 3.89. The summed E-state index contributed by atoms with van der Waals surface area (Å²) in [5.74, 6) is 1.38. The molecule has 24 heavy (non-hydrogen) atoms. The van der Waals surface area contributed by atoms with Gasteiger partial charge in [-0.3, -0.25) is 4.18 Å². The lowest BCUT2D eigenvalue weighted by Gasteiger charge is -2.16. The monoisotopic (exact) mass is 351 g/mol. The van der Waals surface area contributed by atoms with E-state index in [1.165, 1.54) is 11.8 Å². The highest BCUT2D eigenvalue weighted by molar-refractivity contribution is 7.85. The molecule has 0 saturated heterocycles. The minimum Gasteiger partial charge on any atom is -0.465 e. The molecule has 1 aliphatic heterocycles. The Balaban J connectivity index is 1.61. The van der Waals surface area contributed by atoms with Crippen LogP contribution in [0.4, 0.5) is 0 Å². The molecule has 0 saturated carbocycles. The summed E-state index contributed by atoms with van der Waals surface area (Å²) in [4.78, 5) is 0. The first-order valence-electron chi connectivity index (χ1n) is 7.37. The molecule has 7 nitrogen and oxygen atoms in total. The summed E-state index contributed by atoms with van der Waals surface area (Å²) in [6, 6.07) is 1.55. The number of allylic oxidation sites excluding steroid dienone is 4. The van der Waals surface area contributed by atoms with E-state index in [0.717, 1.165) is 19.1 Å². The lowest BCUT2D eigenvalue weighted by molar-refractivity contribution is 0.257. The summed E-state index contributed by atoms with van der Waals surface area (Å²) in [5.41, 5.74) is 1.60. The van der Waals surface area contributed by atoms with Crippen molar-refractivity contribution < 1.29 is 26.6 Å². The summed E-state index contributed by atoms with van der Waals surface area (Å²) in [6.07, 6.45) is 12.8. The van der Waals surface area contributed by atoms with Gasteiger partial charge < -0.3 is 14.0 Å². The molecule has 1 aromatic heterocycles. The van der Waals surface area contributed by atoms with Crippen LogP contribution in [0, 0.1) is 0 Å². The van der Waals surface area contributed by atoms with E-state index in [2.05, 4.69) is 21.5 Å². The van der Waals surface area contributed by atoms with Crippen molar-refractivity contribution in [3.8, 4) is 0 Å². The molecule has 2 heterocycles. The first-order chi connectivity index (χ1) is 11.5. The van der Waals surface area contributed by atoms with E-state index >= 15 is 0 Å². The Morgan fingerprint density at radius 1 is 1.33 bits per heavy atom. The van der Waals surface area contributed by atoms with Crippen LogP contribution in [-0.2, 0) is 30.4 Å². The van der Waals surface area contributed by atoms with Gasteiger partial charge in [-0.05, 0) is 12.8 Å². The van der Waals surface area contributed by atoms with Gasteiger partial charge in [-0.1, -0.05) is 29.0 Å². The van der Waals surface area contributed by atoms with Crippen molar-refractivity contribution in [2.45, 2.75) is 25.9 Å². The van der Waals surface area contributed by atoms with Gasteiger partial charge in [-0.2, -0.15) is 8.42 Å². The molecule has 1 aromatic rings. The largest absolute Gasteiger partial charge is 0.465 e. The van der Waals surface area contributed by atoms with Crippen molar-refractivity contribution >= 4 is 15.9 Å². The molecule has 128 valence electrons. The van der Waals surface area contributed by atoms with Crippen LogP contribution in [0.1, 0.15) is 30.7 Å². The molecule has 0 aromatic carbocycles. The van der Waals surface area contributed by atoms with Crippen LogP contribution in [0.25, 0.3) is 5.76 Å². The van der Waals surface area contributed by atoms with Crippen LogP contribution < -0.4 is 0 Å². The van der Waals surface area contributed by atoms with Crippen molar-refractivity contribution in [3.05, 3.63) is 59.6 Å². The standard InChI is InChI=1S/C16H17NO6S/c1-24(18,19)21-9-13-8-15(23-17-13)16-11-20-10-14(22-16)7-12-5-3-2-4-6-12/h2-3,5,8,10-11H,4,6-7,9H2,1H3. The number of hydrogen-bond acceptors (Lipinski definition) is 7. The van der Waals surface area contributed by atoms with E-state index in [9.17, 15) is 8.42 Å². The van der Waals surface area contributed by atoms with E-state index in [-0.39, 0.29) is 6.61 Å². The highest BCUT2D eigenvalue weighted by atomic mass is 32.2. The second-order valence-electron chi connectivity index (χ2n) is 5.42. The van der Waals surface area contributed by atoms with E-state index in [1.807, 2.05) is 6.08 Å². The lowest BCUT2D eigenvalue weighted by atomic mass is 10.0. The maximum Gasteiger partial charge on any atom is 0.264 e. The molecular weight excluding hydrogens is 334 g/mol. The number of nitrogens with zero attached hydrogens (tertiary/aromatic N) is 1. The molecular formula is C16H17NO6S. The Kier molecular flexibility index (Phi) is 4.86. The Morgan fingerprint density at radius 2 is 2.21 bits per heavy atom. The normalized spacial score (nSPS) is 17.5. The van der Waals surface area contributed by atoms with E-state index in [0.29, 0.717) is 29.4 Å². The van der Waals surface area contributed by atoms with Gasteiger partial charge in [0.2, 0.25) is 11.5 Å². The van der Waals surface area contributed by atoms with Crippen molar-refractivity contribution in [1.82, 2.24) is 5.16 Å². The average molecular weight is 351 g/mol. The van der Waals surface area contributed by atoms with E-state index in [1.54, 1.807) is 12.3 Å². The number of hydrogen-bond donors (Lipinski definition) is 0. The molecule has 0 amide bonds. The molecule has 0 spiro atoms. The van der Waals surface area contributed by atoms with Gasteiger partial charge in [0.05, 0.1) is 6.26 Å². The molecule has 8 heteroatoms. The summed E-state index contributed by atoms with van der Waals surface area (Å²) in [5, 5.41) is 3.75. The van der Waals surface area contributed by atoms with Gasteiger partial charge in [-0.15, -0.1) is 0 Å². The SMILES string of the molecule is CS(=O)(=O)OCc1cc(C2=COC=C(CC3=CC=CCC3)O2)on1. The van der Waals surface area contributed by atoms with Crippen molar-refractivity contribution in [1.29, 1.82) is 0 Å². The summed E-state index contributed by atoms with van der Waals surface area (Å²) in [6.45, 7) is -0.196. The maximum absolute atomic E-state index is 11.0. The van der Waals surface area contributed by atoms with Crippen LogP contribution in [0.5, 0.6) is 0 Å². The van der Waals surface area contributed by atoms with Crippen molar-refractivity contribution in [3.63, 3.8) is 0 Å². The van der Waals surface area contributed by atoms with Gasteiger partial charge in [-0.25, -0.2) is 0 Å². The molecule has 0 N–H and O–H groups in total. The Labute approximate surface area is 140 Å². The maximum atomic E-state index is 11.0. The molecule has 2 aliphatic rings. The number of rotatable bonds is 6. The van der Waals surface area contributed by atoms with Crippen molar-refractivity contribution in [2.75, 3.05) is 6.26 Å².